The molecular formula is C17H27N3O. The summed E-state index contributed by atoms with van der Waals surface area (Å²) in [6, 6.07) is 7.57. The number of amides is 1. The van der Waals surface area contributed by atoms with E-state index in [0.29, 0.717) is 5.92 Å². The summed E-state index contributed by atoms with van der Waals surface area (Å²) < 4.78 is 0. The number of nitrogen functional groups attached to an aromatic ring is 1. The first-order valence-corrected chi connectivity index (χ1v) is 7.72. The third-order valence-electron chi connectivity index (χ3n) is 4.59. The molecule has 0 saturated carbocycles. The van der Waals surface area contributed by atoms with Gasteiger partial charge in [0.1, 0.15) is 0 Å². The lowest BCUT2D eigenvalue weighted by Crippen LogP contribution is -2.43. The van der Waals surface area contributed by atoms with Gasteiger partial charge in [-0.3, -0.25) is 4.79 Å². The van der Waals surface area contributed by atoms with Gasteiger partial charge in [0.15, 0.2) is 0 Å². The van der Waals surface area contributed by atoms with Crippen molar-refractivity contribution in [3.05, 3.63) is 29.8 Å². The summed E-state index contributed by atoms with van der Waals surface area (Å²) in [4.78, 5) is 14.8. The van der Waals surface area contributed by atoms with Gasteiger partial charge < -0.3 is 16.0 Å². The number of rotatable bonds is 4. The molecule has 0 unspecified atom stereocenters. The lowest BCUT2D eigenvalue weighted by atomic mass is 9.83. The van der Waals surface area contributed by atoms with E-state index in [2.05, 4.69) is 17.3 Å². The summed E-state index contributed by atoms with van der Waals surface area (Å²) in [5.41, 5.74) is 6.90. The molecule has 1 aromatic rings. The van der Waals surface area contributed by atoms with E-state index in [9.17, 15) is 4.79 Å². The Bertz CT molecular complexity index is 473. The lowest BCUT2D eigenvalue weighted by Gasteiger charge is -2.30. The maximum atomic E-state index is 12.5. The first-order chi connectivity index (χ1) is 9.89. The van der Waals surface area contributed by atoms with Gasteiger partial charge in [-0.1, -0.05) is 12.1 Å². The molecule has 4 nitrogen and oxygen atoms in total. The Morgan fingerprint density at radius 1 is 1.29 bits per heavy atom. The van der Waals surface area contributed by atoms with Crippen LogP contribution in [0, 0.1) is 5.92 Å². The van der Waals surface area contributed by atoms with E-state index in [1.165, 1.54) is 12.8 Å². The van der Waals surface area contributed by atoms with Crippen molar-refractivity contribution in [2.45, 2.75) is 32.1 Å². The molecule has 0 aromatic heterocycles. The van der Waals surface area contributed by atoms with E-state index in [1.807, 2.05) is 38.1 Å². The third-order valence-corrected chi connectivity index (χ3v) is 4.59. The van der Waals surface area contributed by atoms with Gasteiger partial charge in [-0.2, -0.15) is 0 Å². The van der Waals surface area contributed by atoms with Crippen molar-refractivity contribution in [1.29, 1.82) is 0 Å². The molecule has 0 spiro atoms. The van der Waals surface area contributed by atoms with Crippen molar-refractivity contribution in [3.63, 3.8) is 0 Å². The molecule has 1 fully saturated rings. The summed E-state index contributed by atoms with van der Waals surface area (Å²) in [5, 5.41) is 3.13. The number of carbonyl (C=O) groups is 1. The Balaban J connectivity index is 1.91. The molecular weight excluding hydrogens is 262 g/mol. The van der Waals surface area contributed by atoms with Crippen LogP contribution in [0.3, 0.4) is 0 Å². The van der Waals surface area contributed by atoms with Crippen LogP contribution in [0.1, 0.15) is 32.3 Å². The summed E-state index contributed by atoms with van der Waals surface area (Å²) >= 11 is 0. The minimum absolute atomic E-state index is 0.0891. The molecule has 116 valence electrons. The van der Waals surface area contributed by atoms with Crippen molar-refractivity contribution < 1.29 is 4.79 Å². The number of piperidine rings is 1. The molecule has 0 atom stereocenters. The van der Waals surface area contributed by atoms with E-state index in [-0.39, 0.29) is 5.91 Å². The van der Waals surface area contributed by atoms with E-state index < -0.39 is 5.41 Å². The molecule has 2 rings (SSSR count). The zero-order valence-corrected chi connectivity index (χ0v) is 13.4. The number of carbonyl (C=O) groups excluding carboxylic acids is 1. The van der Waals surface area contributed by atoms with Crippen LogP contribution in [0.4, 0.5) is 5.69 Å². The van der Waals surface area contributed by atoms with Gasteiger partial charge in [0, 0.05) is 12.2 Å². The quantitative estimate of drug-likeness (QED) is 0.834. The number of hydrogen-bond acceptors (Lipinski definition) is 3. The molecule has 3 N–H and O–H groups in total. The highest BCUT2D eigenvalue weighted by Crippen LogP contribution is 2.24. The normalized spacial score (nSPS) is 17.7. The maximum Gasteiger partial charge on any atom is 0.230 e. The van der Waals surface area contributed by atoms with Crippen LogP contribution in [0.15, 0.2) is 24.3 Å². The smallest absolute Gasteiger partial charge is 0.230 e. The van der Waals surface area contributed by atoms with Crippen LogP contribution in [0.5, 0.6) is 0 Å². The van der Waals surface area contributed by atoms with Gasteiger partial charge in [0.2, 0.25) is 5.91 Å². The van der Waals surface area contributed by atoms with Gasteiger partial charge in [-0.05, 0) is 70.4 Å². The van der Waals surface area contributed by atoms with Crippen LogP contribution < -0.4 is 11.1 Å². The summed E-state index contributed by atoms with van der Waals surface area (Å²) in [6.45, 7) is 6.96. The molecule has 4 heteroatoms. The van der Waals surface area contributed by atoms with Crippen molar-refractivity contribution in [3.8, 4) is 0 Å². The monoisotopic (exact) mass is 289 g/mol. The molecule has 0 radical (unpaired) electrons. The van der Waals surface area contributed by atoms with E-state index in [4.69, 9.17) is 5.73 Å². The van der Waals surface area contributed by atoms with Gasteiger partial charge in [0.25, 0.3) is 0 Å². The van der Waals surface area contributed by atoms with Gasteiger partial charge in [0.05, 0.1) is 5.41 Å². The van der Waals surface area contributed by atoms with Crippen LogP contribution >= 0.6 is 0 Å². The fraction of sp³-hybridized carbons (Fsp3) is 0.588. The Labute approximate surface area is 127 Å². The van der Waals surface area contributed by atoms with Crippen LogP contribution in [-0.2, 0) is 10.2 Å². The molecule has 1 aromatic carbocycles. The second-order valence-corrected chi connectivity index (χ2v) is 6.70. The Hall–Kier alpha value is -1.55. The predicted octanol–water partition coefficient (Wildman–Crippen LogP) is 2.00. The highest BCUT2D eigenvalue weighted by molar-refractivity contribution is 5.87. The number of nitrogens with one attached hydrogen (secondary N) is 1. The molecule has 1 saturated heterocycles. The summed E-state index contributed by atoms with van der Waals surface area (Å²) in [5.74, 6) is 0.693. The Morgan fingerprint density at radius 3 is 2.43 bits per heavy atom. The number of nitrogens with zero attached hydrogens (tertiary/aromatic N) is 1. The number of anilines is 1. The first-order valence-electron chi connectivity index (χ1n) is 7.72. The highest BCUT2D eigenvalue weighted by Gasteiger charge is 2.30. The summed E-state index contributed by atoms with van der Waals surface area (Å²) in [6.07, 6.45) is 2.33. The van der Waals surface area contributed by atoms with Crippen molar-refractivity contribution >= 4 is 11.6 Å². The number of nitrogens with two attached hydrogens (primary N) is 1. The Kier molecular flexibility index (Phi) is 4.88. The van der Waals surface area contributed by atoms with Crippen LogP contribution in [-0.4, -0.2) is 37.5 Å². The SMILES string of the molecule is CN1CCC(CNC(=O)C(C)(C)c2ccc(N)cc2)CC1. The molecule has 1 aliphatic heterocycles. The maximum absolute atomic E-state index is 12.5. The van der Waals surface area contributed by atoms with E-state index in [1.54, 1.807) is 0 Å². The molecule has 1 heterocycles. The number of hydrogen-bond donors (Lipinski definition) is 2. The van der Waals surface area contributed by atoms with Crippen molar-refractivity contribution in [1.82, 2.24) is 10.2 Å². The topological polar surface area (TPSA) is 58.4 Å². The van der Waals surface area contributed by atoms with Crippen molar-refractivity contribution in [2.75, 3.05) is 32.4 Å². The predicted molar refractivity (Wildman–Crippen MR) is 87.1 cm³/mol. The minimum Gasteiger partial charge on any atom is -0.399 e. The van der Waals surface area contributed by atoms with E-state index in [0.717, 1.165) is 30.9 Å². The fourth-order valence-electron chi connectivity index (χ4n) is 2.76. The number of likely N-dealkylation sites (tertiary alicyclic amines) is 1. The minimum atomic E-state index is -0.529. The second kappa shape index (κ2) is 6.48. The first kappa shape index (κ1) is 15.8. The zero-order valence-electron chi connectivity index (χ0n) is 13.4. The summed E-state index contributed by atoms with van der Waals surface area (Å²) in [7, 11) is 2.15. The average Bonchev–Trinajstić information content (AvgIpc) is 2.46. The van der Waals surface area contributed by atoms with Crippen LogP contribution in [0.25, 0.3) is 0 Å². The van der Waals surface area contributed by atoms with Gasteiger partial charge in [-0.15, -0.1) is 0 Å². The number of benzene rings is 1. The lowest BCUT2D eigenvalue weighted by molar-refractivity contribution is -0.125. The third kappa shape index (κ3) is 3.97. The van der Waals surface area contributed by atoms with Crippen molar-refractivity contribution in [2.24, 2.45) is 5.92 Å². The van der Waals surface area contributed by atoms with E-state index >= 15 is 0 Å². The molecule has 1 aliphatic rings. The molecule has 21 heavy (non-hydrogen) atoms. The zero-order chi connectivity index (χ0) is 15.5. The molecule has 0 bridgehead atoms. The van der Waals surface area contributed by atoms with Gasteiger partial charge in [-0.25, -0.2) is 0 Å². The molecule has 0 aliphatic carbocycles. The standard InChI is InChI=1S/C17H27N3O/c1-17(2,14-4-6-15(18)7-5-14)16(21)19-12-13-8-10-20(3)11-9-13/h4-7,13H,8-12,18H2,1-3H3,(H,19,21). The van der Waals surface area contributed by atoms with Gasteiger partial charge >= 0.3 is 0 Å². The second-order valence-electron chi connectivity index (χ2n) is 6.70. The average molecular weight is 289 g/mol. The van der Waals surface area contributed by atoms with Crippen LogP contribution in [0.2, 0.25) is 0 Å². The fourth-order valence-corrected chi connectivity index (χ4v) is 2.76. The highest BCUT2D eigenvalue weighted by atomic mass is 16.2. The molecule has 1 amide bonds. The Morgan fingerprint density at radius 2 is 1.86 bits per heavy atom. The largest absolute Gasteiger partial charge is 0.399 e.